The van der Waals surface area contributed by atoms with Crippen molar-refractivity contribution in [2.24, 2.45) is 13.0 Å². The number of ether oxygens (including phenoxy) is 2. The Balaban J connectivity index is 1.40. The van der Waals surface area contributed by atoms with Gasteiger partial charge in [-0.2, -0.15) is 0 Å². The molecule has 0 bridgehead atoms. The van der Waals surface area contributed by atoms with Gasteiger partial charge in [0, 0.05) is 30.4 Å². The van der Waals surface area contributed by atoms with Crippen molar-refractivity contribution in [2.75, 3.05) is 17.9 Å². The number of anilines is 1. The lowest BCUT2D eigenvalue weighted by molar-refractivity contribution is -0.384. The van der Waals surface area contributed by atoms with E-state index >= 15 is 0 Å². The minimum Gasteiger partial charge on any atom is -0.454 e. The number of aromatic nitrogens is 3. The minimum atomic E-state index is -0.484. The molecule has 0 fully saturated rings. The van der Waals surface area contributed by atoms with Gasteiger partial charge in [0.25, 0.3) is 11.6 Å². The van der Waals surface area contributed by atoms with Gasteiger partial charge >= 0.3 is 0 Å². The number of amides is 2. The summed E-state index contributed by atoms with van der Waals surface area (Å²) in [6, 6.07) is 8.83. The van der Waals surface area contributed by atoms with Crippen LogP contribution in [0.3, 0.4) is 0 Å². The molecule has 1 unspecified atom stereocenters. The molecular weight excluding hydrogens is 500 g/mol. The number of aryl methyl sites for hydroxylation is 1. The lowest BCUT2D eigenvalue weighted by Gasteiger charge is -2.21. The molecule has 2 amide bonds. The summed E-state index contributed by atoms with van der Waals surface area (Å²) in [6.07, 6.45) is 0. The van der Waals surface area contributed by atoms with E-state index < -0.39 is 11.0 Å². The van der Waals surface area contributed by atoms with E-state index in [4.69, 9.17) is 9.47 Å². The summed E-state index contributed by atoms with van der Waals surface area (Å²) in [6.45, 7) is 5.74. The van der Waals surface area contributed by atoms with Crippen LogP contribution in [-0.2, 0) is 11.8 Å². The number of nitrogens with zero attached hydrogens (tertiary/aromatic N) is 4. The quantitative estimate of drug-likeness (QED) is 0.242. The van der Waals surface area contributed by atoms with E-state index in [1.54, 1.807) is 36.7 Å². The number of hydrogen-bond acceptors (Lipinski definition) is 9. The fourth-order valence-corrected chi connectivity index (χ4v) is 4.45. The van der Waals surface area contributed by atoms with Crippen molar-refractivity contribution in [1.29, 1.82) is 0 Å². The second-order valence-electron chi connectivity index (χ2n) is 8.76. The predicted molar refractivity (Wildman–Crippen MR) is 136 cm³/mol. The Bertz CT molecular complexity index is 1360. The summed E-state index contributed by atoms with van der Waals surface area (Å²) in [5.74, 6) is 1.16. The number of fused-ring (bicyclic) bond motifs is 1. The van der Waals surface area contributed by atoms with Crippen molar-refractivity contribution in [3.63, 3.8) is 0 Å². The first-order valence-corrected chi connectivity index (χ1v) is 12.4. The molecule has 0 saturated heterocycles. The summed E-state index contributed by atoms with van der Waals surface area (Å²) in [7, 11) is 1.78. The zero-order valence-corrected chi connectivity index (χ0v) is 21.5. The number of carbonyl (C=O) groups excluding carboxylic acids is 2. The van der Waals surface area contributed by atoms with Gasteiger partial charge in [-0.05, 0) is 42.7 Å². The summed E-state index contributed by atoms with van der Waals surface area (Å²) in [5.41, 5.74) is 1.49. The molecule has 13 heteroatoms. The molecule has 0 saturated carbocycles. The first-order valence-electron chi connectivity index (χ1n) is 11.4. The normalized spacial score (nSPS) is 12.9. The number of hydrogen-bond donors (Lipinski definition) is 2. The highest BCUT2D eigenvalue weighted by atomic mass is 32.2. The summed E-state index contributed by atoms with van der Waals surface area (Å²) in [5, 5.41) is 25.7. The molecule has 1 aliphatic rings. The number of nitro groups is 1. The molecular formula is C24H26N6O6S. The largest absolute Gasteiger partial charge is 0.454 e. The third-order valence-electron chi connectivity index (χ3n) is 5.76. The maximum absolute atomic E-state index is 13.0. The maximum atomic E-state index is 13.0. The van der Waals surface area contributed by atoms with Gasteiger partial charge in [0.2, 0.25) is 12.7 Å². The topological polar surface area (TPSA) is 151 Å². The van der Waals surface area contributed by atoms with E-state index in [1.807, 2.05) is 13.8 Å². The van der Waals surface area contributed by atoms with Crippen LogP contribution < -0.4 is 20.1 Å². The molecule has 2 heterocycles. The molecule has 1 aromatic heterocycles. The van der Waals surface area contributed by atoms with Crippen LogP contribution in [0.15, 0.2) is 41.6 Å². The molecule has 0 aliphatic carbocycles. The first kappa shape index (κ1) is 25.9. The van der Waals surface area contributed by atoms with Gasteiger partial charge in [0.05, 0.1) is 16.7 Å². The molecule has 2 aromatic carbocycles. The fourth-order valence-electron chi connectivity index (χ4n) is 3.73. The van der Waals surface area contributed by atoms with Crippen LogP contribution >= 0.6 is 11.8 Å². The van der Waals surface area contributed by atoms with Crippen molar-refractivity contribution in [3.05, 3.63) is 63.5 Å². The summed E-state index contributed by atoms with van der Waals surface area (Å²) >= 11 is 1.19. The van der Waals surface area contributed by atoms with Crippen LogP contribution in [0, 0.1) is 23.0 Å². The Morgan fingerprint density at radius 1 is 1.16 bits per heavy atom. The lowest BCUT2D eigenvalue weighted by Crippen LogP contribution is -2.33. The van der Waals surface area contributed by atoms with Crippen LogP contribution in [0.1, 0.15) is 41.6 Å². The number of nitro benzene ring substituents is 1. The first-order chi connectivity index (χ1) is 17.6. The van der Waals surface area contributed by atoms with Crippen molar-refractivity contribution < 1.29 is 24.0 Å². The molecule has 0 radical (unpaired) electrons. The molecule has 194 valence electrons. The zero-order valence-electron chi connectivity index (χ0n) is 20.7. The van der Waals surface area contributed by atoms with Crippen LogP contribution in [-0.4, -0.2) is 44.0 Å². The average Bonchev–Trinajstić information content (AvgIpc) is 3.47. The molecule has 12 nitrogen and oxygen atoms in total. The summed E-state index contributed by atoms with van der Waals surface area (Å²) in [4.78, 5) is 35.9. The number of non-ortho nitro benzene ring substituents is 1. The van der Waals surface area contributed by atoms with Gasteiger partial charge in [-0.1, -0.05) is 25.6 Å². The SMILES string of the molecule is Cc1cc([N+](=O)[O-])ccc1NC(=O)CSc1nnc(C(NC(=O)c2ccc3c(c2)OCO3)C(C)C)n1C. The van der Waals surface area contributed by atoms with E-state index in [0.717, 1.165) is 0 Å². The predicted octanol–water partition coefficient (Wildman–Crippen LogP) is 3.62. The Morgan fingerprint density at radius 2 is 1.92 bits per heavy atom. The minimum absolute atomic E-state index is 0.00659. The molecule has 4 rings (SSSR count). The van der Waals surface area contributed by atoms with E-state index in [0.29, 0.717) is 39.3 Å². The van der Waals surface area contributed by atoms with Crippen LogP contribution in [0.25, 0.3) is 0 Å². The van der Waals surface area contributed by atoms with E-state index in [2.05, 4.69) is 20.8 Å². The monoisotopic (exact) mass is 526 g/mol. The van der Waals surface area contributed by atoms with Crippen molar-refractivity contribution in [3.8, 4) is 11.5 Å². The van der Waals surface area contributed by atoms with Gasteiger partial charge in [0.1, 0.15) is 0 Å². The van der Waals surface area contributed by atoms with E-state index in [-0.39, 0.29) is 36.0 Å². The second-order valence-corrected chi connectivity index (χ2v) is 9.70. The third-order valence-corrected chi connectivity index (χ3v) is 6.78. The molecule has 1 atom stereocenters. The third kappa shape index (κ3) is 5.82. The van der Waals surface area contributed by atoms with Gasteiger partial charge in [-0.25, -0.2) is 0 Å². The fraction of sp³-hybridized carbons (Fsp3) is 0.333. The number of nitrogens with one attached hydrogen (secondary N) is 2. The van der Waals surface area contributed by atoms with E-state index in [1.165, 1.54) is 30.0 Å². The van der Waals surface area contributed by atoms with Gasteiger partial charge < -0.3 is 24.7 Å². The molecule has 37 heavy (non-hydrogen) atoms. The highest BCUT2D eigenvalue weighted by molar-refractivity contribution is 7.99. The van der Waals surface area contributed by atoms with Gasteiger partial charge in [0.15, 0.2) is 22.5 Å². The molecule has 1 aliphatic heterocycles. The van der Waals surface area contributed by atoms with E-state index in [9.17, 15) is 19.7 Å². The molecule has 3 aromatic rings. The molecule has 2 N–H and O–H groups in total. The highest BCUT2D eigenvalue weighted by Crippen LogP contribution is 2.33. The number of thioether (sulfide) groups is 1. The van der Waals surface area contributed by atoms with Gasteiger partial charge in [-0.3, -0.25) is 19.7 Å². The average molecular weight is 527 g/mol. The summed E-state index contributed by atoms with van der Waals surface area (Å²) < 4.78 is 12.4. The van der Waals surface area contributed by atoms with Crippen LogP contribution in [0.4, 0.5) is 11.4 Å². The maximum Gasteiger partial charge on any atom is 0.269 e. The Labute approximate surface area is 216 Å². The standard InChI is InChI=1S/C24H26N6O6S/c1-13(2)21(26-23(32)15-5-8-18-19(10-15)36-12-35-18)22-27-28-24(29(22)4)37-11-20(31)25-17-7-6-16(30(33)34)9-14(17)3/h5-10,13,21H,11-12H2,1-4H3,(H,25,31)(H,26,32). The Kier molecular flexibility index (Phi) is 7.62. The number of carbonyl (C=O) groups is 2. The smallest absolute Gasteiger partial charge is 0.269 e. The van der Waals surface area contributed by atoms with Crippen LogP contribution in [0.5, 0.6) is 11.5 Å². The number of benzene rings is 2. The lowest BCUT2D eigenvalue weighted by atomic mass is 10.0. The highest BCUT2D eigenvalue weighted by Gasteiger charge is 2.26. The zero-order chi connectivity index (χ0) is 26.7. The van der Waals surface area contributed by atoms with Crippen molar-refractivity contribution >= 4 is 35.0 Å². The Hall–Kier alpha value is -4.13. The van der Waals surface area contributed by atoms with Crippen LogP contribution in [0.2, 0.25) is 0 Å². The second kappa shape index (κ2) is 10.9. The number of rotatable bonds is 9. The van der Waals surface area contributed by atoms with Crippen molar-refractivity contribution in [2.45, 2.75) is 32.0 Å². The van der Waals surface area contributed by atoms with Gasteiger partial charge in [-0.15, -0.1) is 10.2 Å². The Morgan fingerprint density at radius 3 is 2.62 bits per heavy atom. The van der Waals surface area contributed by atoms with Crippen molar-refractivity contribution in [1.82, 2.24) is 20.1 Å². The molecule has 0 spiro atoms.